The Labute approximate surface area is 115 Å². The van der Waals surface area contributed by atoms with E-state index in [4.69, 9.17) is 0 Å². The number of allylic oxidation sites excluding steroid dienone is 1. The predicted octanol–water partition coefficient (Wildman–Crippen LogP) is 4.82. The van der Waals surface area contributed by atoms with Gasteiger partial charge in [0.1, 0.15) is 0 Å². The van der Waals surface area contributed by atoms with Crippen molar-refractivity contribution in [3.8, 4) is 0 Å². The summed E-state index contributed by atoms with van der Waals surface area (Å²) in [6, 6.07) is 13.6. The van der Waals surface area contributed by atoms with Crippen LogP contribution in [0.25, 0.3) is 11.7 Å². The van der Waals surface area contributed by atoms with Crippen molar-refractivity contribution >= 4 is 17.4 Å². The first-order valence-corrected chi connectivity index (χ1v) is 6.01. The van der Waals surface area contributed by atoms with Gasteiger partial charge in [-0.3, -0.25) is 4.79 Å². The van der Waals surface area contributed by atoms with Crippen LogP contribution in [-0.4, -0.2) is 5.78 Å². The Bertz CT molecular complexity index is 655. The Morgan fingerprint density at radius 1 is 0.800 bits per heavy atom. The van der Waals surface area contributed by atoms with Gasteiger partial charge in [0.2, 0.25) is 0 Å². The van der Waals surface area contributed by atoms with Crippen molar-refractivity contribution in [2.45, 2.75) is 0 Å². The van der Waals surface area contributed by atoms with Crippen molar-refractivity contribution in [1.82, 2.24) is 0 Å². The number of ketones is 1. The largest absolute Gasteiger partial charge is 0.289 e. The molecule has 0 amide bonds. The minimum Gasteiger partial charge on any atom is -0.289 e. The van der Waals surface area contributed by atoms with E-state index in [-0.39, 0.29) is 16.9 Å². The molecule has 2 aromatic rings. The molecule has 0 saturated heterocycles. The zero-order chi connectivity index (χ0) is 14.5. The van der Waals surface area contributed by atoms with E-state index in [1.54, 1.807) is 18.2 Å². The van der Waals surface area contributed by atoms with E-state index < -0.39 is 11.7 Å². The molecule has 1 nitrogen and oxygen atoms in total. The lowest BCUT2D eigenvalue weighted by molar-refractivity contribution is 0.104. The van der Waals surface area contributed by atoms with Crippen LogP contribution in [0.4, 0.5) is 8.78 Å². The molecule has 100 valence electrons. The van der Waals surface area contributed by atoms with Crippen LogP contribution in [0.1, 0.15) is 21.5 Å². The lowest BCUT2D eigenvalue weighted by Gasteiger charge is -2.03. The molecule has 0 aromatic heterocycles. The highest BCUT2D eigenvalue weighted by Gasteiger charge is 2.11. The van der Waals surface area contributed by atoms with Gasteiger partial charge in [0.15, 0.2) is 17.4 Å². The van der Waals surface area contributed by atoms with Gasteiger partial charge in [-0.05, 0) is 6.08 Å². The SMILES string of the molecule is C=CC(=O)c1ccc(C(F)=C(F)c2ccccc2)cc1. The number of halogens is 2. The van der Waals surface area contributed by atoms with E-state index in [2.05, 4.69) is 6.58 Å². The minimum atomic E-state index is -0.950. The molecule has 2 rings (SSSR count). The molecule has 0 aliphatic carbocycles. The number of carbonyl (C=O) groups is 1. The van der Waals surface area contributed by atoms with Crippen LogP contribution in [0, 0.1) is 0 Å². The van der Waals surface area contributed by atoms with Crippen LogP contribution in [0.15, 0.2) is 67.3 Å². The molecule has 0 aliphatic heterocycles. The van der Waals surface area contributed by atoms with E-state index in [1.165, 1.54) is 42.5 Å². The van der Waals surface area contributed by atoms with E-state index in [1.807, 2.05) is 0 Å². The quantitative estimate of drug-likeness (QED) is 0.442. The van der Waals surface area contributed by atoms with Crippen molar-refractivity contribution < 1.29 is 13.6 Å². The van der Waals surface area contributed by atoms with Crippen LogP contribution in [-0.2, 0) is 0 Å². The summed E-state index contributed by atoms with van der Waals surface area (Å²) in [4.78, 5) is 11.4. The normalized spacial score (nSPS) is 11.7. The third-order valence-electron chi connectivity index (χ3n) is 2.83. The Balaban J connectivity index is 2.36. The average molecular weight is 270 g/mol. The molecular weight excluding hydrogens is 258 g/mol. The molecule has 0 spiro atoms. The lowest BCUT2D eigenvalue weighted by atomic mass is 10.1. The fourth-order valence-electron chi connectivity index (χ4n) is 1.74. The highest BCUT2D eigenvalue weighted by Crippen LogP contribution is 2.28. The molecule has 0 radical (unpaired) electrons. The van der Waals surface area contributed by atoms with Crippen molar-refractivity contribution in [2.75, 3.05) is 0 Å². The average Bonchev–Trinajstić information content (AvgIpc) is 2.53. The molecule has 3 heteroatoms. The van der Waals surface area contributed by atoms with E-state index in [9.17, 15) is 13.6 Å². The van der Waals surface area contributed by atoms with Gasteiger partial charge in [0, 0.05) is 16.7 Å². The summed E-state index contributed by atoms with van der Waals surface area (Å²) < 4.78 is 28.0. The summed E-state index contributed by atoms with van der Waals surface area (Å²) in [5, 5.41) is 0. The molecule has 0 saturated carbocycles. The van der Waals surface area contributed by atoms with E-state index >= 15 is 0 Å². The molecule has 2 aromatic carbocycles. The first kappa shape index (κ1) is 13.9. The van der Waals surface area contributed by atoms with Crippen LogP contribution in [0.5, 0.6) is 0 Å². The predicted molar refractivity (Wildman–Crippen MR) is 76.4 cm³/mol. The van der Waals surface area contributed by atoms with Gasteiger partial charge in [-0.1, -0.05) is 61.2 Å². The third kappa shape index (κ3) is 2.88. The Morgan fingerprint density at radius 3 is 1.75 bits per heavy atom. The maximum atomic E-state index is 14.0. The first-order chi connectivity index (χ1) is 9.63. The Kier molecular flexibility index (Phi) is 4.20. The highest BCUT2D eigenvalue weighted by atomic mass is 19.2. The molecular formula is C17H12F2O. The molecule has 0 bridgehead atoms. The summed E-state index contributed by atoms with van der Waals surface area (Å²) in [5.74, 6) is -2.13. The lowest BCUT2D eigenvalue weighted by Crippen LogP contribution is -1.93. The van der Waals surface area contributed by atoms with Crippen molar-refractivity contribution in [1.29, 1.82) is 0 Å². The van der Waals surface area contributed by atoms with Crippen LogP contribution >= 0.6 is 0 Å². The second-order valence-corrected chi connectivity index (χ2v) is 4.14. The Hall–Kier alpha value is -2.55. The van der Waals surface area contributed by atoms with Gasteiger partial charge in [-0.15, -0.1) is 0 Å². The maximum absolute atomic E-state index is 14.0. The zero-order valence-corrected chi connectivity index (χ0v) is 10.6. The van der Waals surface area contributed by atoms with Crippen LogP contribution in [0.2, 0.25) is 0 Å². The number of benzene rings is 2. The van der Waals surface area contributed by atoms with Gasteiger partial charge in [0.05, 0.1) is 0 Å². The van der Waals surface area contributed by atoms with Gasteiger partial charge in [0.25, 0.3) is 0 Å². The summed E-state index contributed by atoms with van der Waals surface area (Å²) in [6.07, 6.45) is 1.17. The van der Waals surface area contributed by atoms with Gasteiger partial charge in [-0.2, -0.15) is 0 Å². The molecule has 0 heterocycles. The maximum Gasteiger partial charge on any atom is 0.185 e. The molecule has 0 N–H and O–H groups in total. The van der Waals surface area contributed by atoms with Crippen molar-refractivity contribution in [2.24, 2.45) is 0 Å². The van der Waals surface area contributed by atoms with Crippen LogP contribution < -0.4 is 0 Å². The molecule has 20 heavy (non-hydrogen) atoms. The van der Waals surface area contributed by atoms with E-state index in [0.717, 1.165) is 0 Å². The minimum absolute atomic E-state index is 0.0898. The Morgan fingerprint density at radius 2 is 1.25 bits per heavy atom. The summed E-state index contributed by atoms with van der Waals surface area (Å²) in [7, 11) is 0. The summed E-state index contributed by atoms with van der Waals surface area (Å²) >= 11 is 0. The molecule has 0 fully saturated rings. The second kappa shape index (κ2) is 6.06. The van der Waals surface area contributed by atoms with Crippen LogP contribution in [0.3, 0.4) is 0 Å². The zero-order valence-electron chi connectivity index (χ0n) is 10.6. The number of rotatable bonds is 4. The standard InChI is InChI=1S/C17H12F2O/c1-2-15(20)12-8-10-14(11-9-12)17(19)16(18)13-6-4-3-5-7-13/h2-11H,1H2. The second-order valence-electron chi connectivity index (χ2n) is 4.14. The number of hydrogen-bond acceptors (Lipinski definition) is 1. The molecule has 0 atom stereocenters. The van der Waals surface area contributed by atoms with E-state index in [0.29, 0.717) is 5.56 Å². The smallest absolute Gasteiger partial charge is 0.185 e. The fraction of sp³-hybridized carbons (Fsp3) is 0. The number of hydrogen-bond donors (Lipinski definition) is 0. The fourth-order valence-corrected chi connectivity index (χ4v) is 1.74. The molecule has 0 unspecified atom stereocenters. The molecule has 0 aliphatic rings. The highest BCUT2D eigenvalue weighted by molar-refractivity contribution is 6.04. The summed E-state index contributed by atoms with van der Waals surface area (Å²) in [5.41, 5.74) is 0.653. The van der Waals surface area contributed by atoms with Gasteiger partial charge in [-0.25, -0.2) is 8.78 Å². The summed E-state index contributed by atoms with van der Waals surface area (Å²) in [6.45, 7) is 3.37. The van der Waals surface area contributed by atoms with Gasteiger partial charge >= 0.3 is 0 Å². The van der Waals surface area contributed by atoms with Crippen molar-refractivity contribution in [3.63, 3.8) is 0 Å². The van der Waals surface area contributed by atoms with Crippen molar-refractivity contribution in [3.05, 3.63) is 83.9 Å². The first-order valence-electron chi connectivity index (χ1n) is 6.01. The number of carbonyl (C=O) groups excluding carboxylic acids is 1. The third-order valence-corrected chi connectivity index (χ3v) is 2.83. The monoisotopic (exact) mass is 270 g/mol. The topological polar surface area (TPSA) is 17.1 Å². The van der Waals surface area contributed by atoms with Gasteiger partial charge < -0.3 is 0 Å².